The standard InChI is InChI=1S/C17H34O2.C17H34O/c1-4-5-6-7-8-9-10-11-12-13-14-15-17(2,3)16(18)19;1-5-6-7-8-9-10-11-12-13-14-15-17(3,4)16(2)18/h4-15H2,1-3H3,(H,18,19);5-15H2,1-4H3. The SMILES string of the molecule is CCCCCCCCCCCCC(C)(C)C(C)=O.CCCCCCCCCCCCCC(C)(C)C(=O)O. The third kappa shape index (κ3) is 26.5. The molecule has 0 saturated carbocycles. The molecule has 0 aromatic carbocycles. The number of ketones is 1. The number of carboxylic acids is 1. The van der Waals surface area contributed by atoms with E-state index in [2.05, 4.69) is 27.7 Å². The summed E-state index contributed by atoms with van der Waals surface area (Å²) in [4.78, 5) is 22.3. The van der Waals surface area contributed by atoms with Crippen molar-refractivity contribution < 1.29 is 14.7 Å². The number of carboxylic acid groups (broad SMARTS) is 1. The Labute approximate surface area is 233 Å². The van der Waals surface area contributed by atoms with Gasteiger partial charge in [-0.2, -0.15) is 0 Å². The summed E-state index contributed by atoms with van der Waals surface area (Å²) in [6, 6.07) is 0. The van der Waals surface area contributed by atoms with E-state index < -0.39 is 11.4 Å². The molecule has 0 fully saturated rings. The van der Waals surface area contributed by atoms with Crippen molar-refractivity contribution >= 4 is 11.8 Å². The van der Waals surface area contributed by atoms with Gasteiger partial charge in [0.05, 0.1) is 5.41 Å². The van der Waals surface area contributed by atoms with Gasteiger partial charge in [0.25, 0.3) is 0 Å². The molecule has 222 valence electrons. The van der Waals surface area contributed by atoms with Gasteiger partial charge in [-0.25, -0.2) is 0 Å². The summed E-state index contributed by atoms with van der Waals surface area (Å²) in [7, 11) is 0. The molecule has 0 aliphatic carbocycles. The van der Waals surface area contributed by atoms with Gasteiger partial charge in [0.15, 0.2) is 0 Å². The third-order valence-electron chi connectivity index (χ3n) is 8.09. The monoisotopic (exact) mass is 525 g/mol. The first-order valence-corrected chi connectivity index (χ1v) is 16.3. The smallest absolute Gasteiger partial charge is 0.309 e. The first-order chi connectivity index (χ1) is 17.5. The highest BCUT2D eigenvalue weighted by molar-refractivity contribution is 5.81. The van der Waals surface area contributed by atoms with E-state index in [1.54, 1.807) is 6.92 Å². The van der Waals surface area contributed by atoms with Gasteiger partial charge in [-0.15, -0.1) is 0 Å². The Morgan fingerprint density at radius 2 is 0.703 bits per heavy atom. The molecule has 0 aromatic heterocycles. The zero-order valence-electron chi connectivity index (χ0n) is 26.5. The van der Waals surface area contributed by atoms with Gasteiger partial charge < -0.3 is 5.11 Å². The Hall–Kier alpha value is -0.860. The first-order valence-electron chi connectivity index (χ1n) is 16.3. The van der Waals surface area contributed by atoms with E-state index in [0.29, 0.717) is 5.78 Å². The van der Waals surface area contributed by atoms with Crippen LogP contribution in [0.25, 0.3) is 0 Å². The lowest BCUT2D eigenvalue weighted by atomic mass is 9.83. The van der Waals surface area contributed by atoms with Crippen LogP contribution in [-0.4, -0.2) is 16.9 Å². The molecule has 1 N–H and O–H groups in total. The summed E-state index contributed by atoms with van der Waals surface area (Å²) in [5.74, 6) is -0.335. The van der Waals surface area contributed by atoms with Crippen LogP contribution < -0.4 is 0 Å². The molecule has 3 heteroatoms. The van der Waals surface area contributed by atoms with Crippen molar-refractivity contribution in [2.45, 2.75) is 196 Å². The molecule has 0 aliphatic heterocycles. The molecule has 0 radical (unpaired) electrons. The Bertz CT molecular complexity index is 521. The van der Waals surface area contributed by atoms with Crippen molar-refractivity contribution in [3.8, 4) is 0 Å². The quantitative estimate of drug-likeness (QED) is 0.121. The molecule has 0 aliphatic rings. The molecule has 0 spiro atoms. The Morgan fingerprint density at radius 3 is 0.946 bits per heavy atom. The Kier molecular flexibility index (Phi) is 26.3. The van der Waals surface area contributed by atoms with E-state index in [0.717, 1.165) is 19.3 Å². The molecule has 37 heavy (non-hydrogen) atoms. The van der Waals surface area contributed by atoms with Gasteiger partial charge >= 0.3 is 5.97 Å². The second kappa shape index (κ2) is 25.4. The largest absolute Gasteiger partial charge is 0.481 e. The van der Waals surface area contributed by atoms with Gasteiger partial charge in [0, 0.05) is 5.41 Å². The summed E-state index contributed by atoms with van der Waals surface area (Å²) in [6.07, 6.45) is 30.0. The van der Waals surface area contributed by atoms with Crippen LogP contribution in [0.1, 0.15) is 196 Å². The molecule has 0 aromatic rings. The molecular weight excluding hydrogens is 456 g/mol. The van der Waals surface area contributed by atoms with Gasteiger partial charge in [-0.1, -0.05) is 163 Å². The average Bonchev–Trinajstić information content (AvgIpc) is 2.84. The molecule has 3 nitrogen and oxygen atoms in total. The molecular formula is C34H68O3. The highest BCUT2D eigenvalue weighted by Crippen LogP contribution is 2.25. The van der Waals surface area contributed by atoms with Crippen LogP contribution in [0.5, 0.6) is 0 Å². The first kappa shape index (κ1) is 38.3. The van der Waals surface area contributed by atoms with E-state index in [9.17, 15) is 9.59 Å². The maximum atomic E-state index is 11.4. The predicted molar refractivity (Wildman–Crippen MR) is 163 cm³/mol. The number of carbonyl (C=O) groups is 2. The van der Waals surface area contributed by atoms with Crippen LogP contribution >= 0.6 is 0 Å². The molecule has 0 bridgehead atoms. The van der Waals surface area contributed by atoms with Crippen LogP contribution in [0.3, 0.4) is 0 Å². The topological polar surface area (TPSA) is 54.4 Å². The van der Waals surface area contributed by atoms with Crippen molar-refractivity contribution in [3.63, 3.8) is 0 Å². The maximum Gasteiger partial charge on any atom is 0.309 e. The number of carbonyl (C=O) groups excluding carboxylic acids is 1. The van der Waals surface area contributed by atoms with Gasteiger partial charge in [0.2, 0.25) is 0 Å². The van der Waals surface area contributed by atoms with Crippen molar-refractivity contribution in [1.29, 1.82) is 0 Å². The summed E-state index contributed by atoms with van der Waals surface area (Å²) in [5.41, 5.74) is -0.639. The average molecular weight is 525 g/mol. The van der Waals surface area contributed by atoms with Crippen molar-refractivity contribution in [1.82, 2.24) is 0 Å². The van der Waals surface area contributed by atoms with E-state index in [1.807, 2.05) is 13.8 Å². The minimum Gasteiger partial charge on any atom is -0.481 e. The minimum absolute atomic E-state index is 0.0971. The number of rotatable bonds is 25. The highest BCUT2D eigenvalue weighted by Gasteiger charge is 2.25. The lowest BCUT2D eigenvalue weighted by Gasteiger charge is -2.20. The van der Waals surface area contributed by atoms with Crippen LogP contribution in [0.15, 0.2) is 0 Å². The predicted octanol–water partition coefficient (Wildman–Crippen LogP) is 11.7. The molecule has 0 amide bonds. The fourth-order valence-corrected chi connectivity index (χ4v) is 4.57. The summed E-state index contributed by atoms with van der Waals surface area (Å²) >= 11 is 0. The van der Waals surface area contributed by atoms with Crippen molar-refractivity contribution in [2.24, 2.45) is 10.8 Å². The Balaban J connectivity index is 0. The lowest BCUT2D eigenvalue weighted by molar-refractivity contribution is -0.147. The normalized spacial score (nSPS) is 11.8. The summed E-state index contributed by atoms with van der Waals surface area (Å²) in [5, 5.41) is 9.00. The molecule has 0 unspecified atom stereocenters. The second-order valence-corrected chi connectivity index (χ2v) is 12.8. The van der Waals surface area contributed by atoms with E-state index in [4.69, 9.17) is 5.11 Å². The molecule has 0 heterocycles. The fraction of sp³-hybridized carbons (Fsp3) is 0.941. The van der Waals surface area contributed by atoms with Crippen molar-refractivity contribution in [2.75, 3.05) is 0 Å². The van der Waals surface area contributed by atoms with Gasteiger partial charge in [-0.3, -0.25) is 9.59 Å². The van der Waals surface area contributed by atoms with Crippen LogP contribution in [0.4, 0.5) is 0 Å². The zero-order chi connectivity index (χ0) is 28.4. The summed E-state index contributed by atoms with van der Waals surface area (Å²) in [6.45, 7) is 14.0. The van der Waals surface area contributed by atoms with Crippen molar-refractivity contribution in [3.05, 3.63) is 0 Å². The van der Waals surface area contributed by atoms with E-state index in [1.165, 1.54) is 128 Å². The molecule has 0 atom stereocenters. The van der Waals surface area contributed by atoms with Crippen LogP contribution in [0.2, 0.25) is 0 Å². The summed E-state index contributed by atoms with van der Waals surface area (Å²) < 4.78 is 0. The number of hydrogen-bond donors (Lipinski definition) is 1. The zero-order valence-corrected chi connectivity index (χ0v) is 26.5. The van der Waals surface area contributed by atoms with E-state index >= 15 is 0 Å². The Morgan fingerprint density at radius 1 is 0.459 bits per heavy atom. The van der Waals surface area contributed by atoms with Gasteiger partial charge in [0.1, 0.15) is 5.78 Å². The number of Topliss-reactive ketones (excluding diaryl/α,β-unsaturated/α-hetero) is 1. The van der Waals surface area contributed by atoms with Gasteiger partial charge in [-0.05, 0) is 33.6 Å². The fourth-order valence-electron chi connectivity index (χ4n) is 4.57. The number of aliphatic carboxylic acids is 1. The molecule has 0 rings (SSSR count). The second-order valence-electron chi connectivity index (χ2n) is 12.8. The maximum absolute atomic E-state index is 11.4. The minimum atomic E-state index is -0.667. The molecule has 0 saturated heterocycles. The highest BCUT2D eigenvalue weighted by atomic mass is 16.4. The van der Waals surface area contributed by atoms with Crippen LogP contribution in [-0.2, 0) is 9.59 Å². The van der Waals surface area contributed by atoms with E-state index in [-0.39, 0.29) is 5.41 Å². The number of unbranched alkanes of at least 4 members (excludes halogenated alkanes) is 19. The van der Waals surface area contributed by atoms with Crippen LogP contribution in [0, 0.1) is 10.8 Å². The number of hydrogen-bond acceptors (Lipinski definition) is 2. The third-order valence-corrected chi connectivity index (χ3v) is 8.09. The lowest BCUT2D eigenvalue weighted by Crippen LogP contribution is -2.23.